The number of hydrogen-bond donors (Lipinski definition) is 1. The molecule has 1 atom stereocenters. The first kappa shape index (κ1) is 14.3. The number of nitrogens with two attached hydrogens (primary N) is 1. The molecule has 4 heteroatoms. The molecule has 0 amide bonds. The Morgan fingerprint density at radius 1 is 1.14 bits per heavy atom. The van der Waals surface area contributed by atoms with Crippen LogP contribution in [-0.4, -0.2) is 9.55 Å². The van der Waals surface area contributed by atoms with Gasteiger partial charge in [-0.25, -0.2) is 4.98 Å². The SMILES string of the molecule is Cc1cc2ncn(-c3ccc([C@H](C)N)cc3Br)c2cc1C. The second-order valence-electron chi connectivity index (χ2n) is 5.54. The summed E-state index contributed by atoms with van der Waals surface area (Å²) in [6.07, 6.45) is 1.87. The minimum atomic E-state index is 0.0276. The summed E-state index contributed by atoms with van der Waals surface area (Å²) in [6, 6.07) is 10.6. The lowest BCUT2D eigenvalue weighted by Crippen LogP contribution is -2.05. The summed E-state index contributed by atoms with van der Waals surface area (Å²) in [7, 11) is 0. The van der Waals surface area contributed by atoms with Crippen LogP contribution < -0.4 is 5.73 Å². The smallest absolute Gasteiger partial charge is 0.100 e. The van der Waals surface area contributed by atoms with Crippen molar-refractivity contribution in [3.05, 3.63) is 57.8 Å². The van der Waals surface area contributed by atoms with E-state index in [-0.39, 0.29) is 6.04 Å². The van der Waals surface area contributed by atoms with Gasteiger partial charge in [-0.15, -0.1) is 0 Å². The quantitative estimate of drug-likeness (QED) is 0.748. The minimum Gasteiger partial charge on any atom is -0.324 e. The van der Waals surface area contributed by atoms with Crippen LogP contribution in [0.4, 0.5) is 0 Å². The average Bonchev–Trinajstić information content (AvgIpc) is 2.82. The largest absolute Gasteiger partial charge is 0.324 e. The Hall–Kier alpha value is -1.65. The fourth-order valence-corrected chi connectivity index (χ4v) is 3.05. The molecule has 0 aliphatic rings. The fraction of sp³-hybridized carbons (Fsp3) is 0.235. The van der Waals surface area contributed by atoms with Crippen LogP contribution in [0.1, 0.15) is 29.7 Å². The first-order chi connectivity index (χ1) is 9.97. The molecule has 3 rings (SSSR count). The van der Waals surface area contributed by atoms with Gasteiger partial charge in [0.2, 0.25) is 0 Å². The molecule has 0 saturated carbocycles. The van der Waals surface area contributed by atoms with Crippen LogP contribution in [0.5, 0.6) is 0 Å². The molecule has 1 heterocycles. The molecule has 1 aromatic heterocycles. The summed E-state index contributed by atoms with van der Waals surface area (Å²) in [5, 5.41) is 0. The van der Waals surface area contributed by atoms with Gasteiger partial charge in [0.25, 0.3) is 0 Å². The van der Waals surface area contributed by atoms with Gasteiger partial charge in [-0.05, 0) is 77.7 Å². The molecule has 2 aromatic carbocycles. The molecule has 0 fully saturated rings. The van der Waals surface area contributed by atoms with Crippen LogP contribution >= 0.6 is 15.9 Å². The highest BCUT2D eigenvalue weighted by atomic mass is 79.9. The van der Waals surface area contributed by atoms with Gasteiger partial charge in [0.05, 0.1) is 16.7 Å². The molecule has 0 spiro atoms. The number of aryl methyl sites for hydroxylation is 2. The third-order valence-corrected chi connectivity index (χ3v) is 4.55. The maximum atomic E-state index is 5.94. The summed E-state index contributed by atoms with van der Waals surface area (Å²) >= 11 is 3.65. The molecular weight excluding hydrogens is 326 g/mol. The van der Waals surface area contributed by atoms with Gasteiger partial charge < -0.3 is 5.73 Å². The third-order valence-electron chi connectivity index (χ3n) is 3.92. The van der Waals surface area contributed by atoms with Gasteiger partial charge in [-0.3, -0.25) is 4.57 Å². The molecule has 0 radical (unpaired) electrons. The molecule has 108 valence electrons. The Labute approximate surface area is 132 Å². The Morgan fingerprint density at radius 3 is 2.52 bits per heavy atom. The Bertz CT molecular complexity index is 818. The van der Waals surface area contributed by atoms with Crippen molar-refractivity contribution >= 4 is 27.0 Å². The molecule has 0 unspecified atom stereocenters. The number of aromatic nitrogens is 2. The summed E-state index contributed by atoms with van der Waals surface area (Å²) in [5.74, 6) is 0. The number of halogens is 1. The number of imidazole rings is 1. The lowest BCUT2D eigenvalue weighted by molar-refractivity contribution is 0.816. The number of fused-ring (bicyclic) bond motifs is 1. The van der Waals surface area contributed by atoms with Crippen LogP contribution in [0.15, 0.2) is 41.1 Å². The number of hydrogen-bond acceptors (Lipinski definition) is 2. The summed E-state index contributed by atoms with van der Waals surface area (Å²) in [5.41, 5.74) is 12.8. The van der Waals surface area contributed by atoms with E-state index >= 15 is 0 Å². The second-order valence-corrected chi connectivity index (χ2v) is 6.39. The van der Waals surface area contributed by atoms with Crippen molar-refractivity contribution in [2.24, 2.45) is 5.73 Å². The van der Waals surface area contributed by atoms with Gasteiger partial charge in [-0.2, -0.15) is 0 Å². The van der Waals surface area contributed by atoms with E-state index in [0.29, 0.717) is 0 Å². The standard InChI is InChI=1S/C17H18BrN3/c1-10-6-15-17(7-11(10)2)21(9-20-15)16-5-4-13(12(3)19)8-14(16)18/h4-9,12H,19H2,1-3H3/t12-/m0/s1. The molecule has 0 bridgehead atoms. The number of benzene rings is 2. The van der Waals surface area contributed by atoms with Gasteiger partial charge in [0.15, 0.2) is 0 Å². The summed E-state index contributed by atoms with van der Waals surface area (Å²) in [4.78, 5) is 4.51. The molecule has 3 nitrogen and oxygen atoms in total. The highest BCUT2D eigenvalue weighted by molar-refractivity contribution is 9.10. The summed E-state index contributed by atoms with van der Waals surface area (Å²) in [6.45, 7) is 6.22. The molecule has 0 saturated heterocycles. The van der Waals surface area contributed by atoms with E-state index < -0.39 is 0 Å². The van der Waals surface area contributed by atoms with Crippen LogP contribution in [0, 0.1) is 13.8 Å². The van der Waals surface area contributed by atoms with Crippen LogP contribution in [0.25, 0.3) is 16.7 Å². The van der Waals surface area contributed by atoms with E-state index in [1.54, 1.807) is 0 Å². The van der Waals surface area contributed by atoms with Crippen molar-refractivity contribution in [2.45, 2.75) is 26.8 Å². The van der Waals surface area contributed by atoms with Gasteiger partial charge in [-0.1, -0.05) is 6.07 Å². The molecule has 0 aliphatic heterocycles. The maximum absolute atomic E-state index is 5.94. The maximum Gasteiger partial charge on any atom is 0.100 e. The van der Waals surface area contributed by atoms with Crippen molar-refractivity contribution in [3.8, 4) is 5.69 Å². The van der Waals surface area contributed by atoms with Crippen molar-refractivity contribution in [1.29, 1.82) is 0 Å². The zero-order valence-electron chi connectivity index (χ0n) is 12.4. The van der Waals surface area contributed by atoms with Gasteiger partial charge >= 0.3 is 0 Å². The van der Waals surface area contributed by atoms with Crippen LogP contribution in [0.2, 0.25) is 0 Å². The van der Waals surface area contributed by atoms with E-state index in [1.165, 1.54) is 11.1 Å². The number of nitrogens with zero attached hydrogens (tertiary/aromatic N) is 2. The highest BCUT2D eigenvalue weighted by Crippen LogP contribution is 2.28. The van der Waals surface area contributed by atoms with E-state index in [4.69, 9.17) is 5.73 Å². The Morgan fingerprint density at radius 2 is 1.86 bits per heavy atom. The van der Waals surface area contributed by atoms with E-state index in [0.717, 1.165) is 26.8 Å². The number of rotatable bonds is 2. The zero-order chi connectivity index (χ0) is 15.1. The first-order valence-electron chi connectivity index (χ1n) is 6.97. The van der Waals surface area contributed by atoms with Crippen LogP contribution in [-0.2, 0) is 0 Å². The van der Waals surface area contributed by atoms with E-state index in [9.17, 15) is 0 Å². The van der Waals surface area contributed by atoms with Crippen molar-refractivity contribution < 1.29 is 0 Å². The monoisotopic (exact) mass is 343 g/mol. The van der Waals surface area contributed by atoms with Gasteiger partial charge in [0.1, 0.15) is 6.33 Å². The fourth-order valence-electron chi connectivity index (χ4n) is 2.46. The van der Waals surface area contributed by atoms with Gasteiger partial charge in [0, 0.05) is 10.5 Å². The van der Waals surface area contributed by atoms with Crippen molar-refractivity contribution in [1.82, 2.24) is 9.55 Å². The molecule has 0 aliphatic carbocycles. The third kappa shape index (κ3) is 2.49. The van der Waals surface area contributed by atoms with Crippen LogP contribution in [0.3, 0.4) is 0 Å². The van der Waals surface area contributed by atoms with E-state index in [2.05, 4.69) is 69.7 Å². The topological polar surface area (TPSA) is 43.8 Å². The lowest BCUT2D eigenvalue weighted by atomic mass is 10.1. The summed E-state index contributed by atoms with van der Waals surface area (Å²) < 4.78 is 3.13. The minimum absolute atomic E-state index is 0.0276. The predicted molar refractivity (Wildman–Crippen MR) is 90.8 cm³/mol. The Kier molecular flexibility index (Phi) is 3.59. The first-order valence-corrected chi connectivity index (χ1v) is 7.76. The second kappa shape index (κ2) is 5.28. The zero-order valence-corrected chi connectivity index (χ0v) is 14.0. The molecular formula is C17H18BrN3. The van der Waals surface area contributed by atoms with Crippen molar-refractivity contribution in [3.63, 3.8) is 0 Å². The highest BCUT2D eigenvalue weighted by Gasteiger charge is 2.10. The molecule has 2 N–H and O–H groups in total. The predicted octanol–water partition coefficient (Wildman–Crippen LogP) is 4.42. The van der Waals surface area contributed by atoms with Crippen molar-refractivity contribution in [2.75, 3.05) is 0 Å². The normalized spacial score (nSPS) is 12.8. The lowest BCUT2D eigenvalue weighted by Gasteiger charge is -2.12. The van der Waals surface area contributed by atoms with E-state index in [1.807, 2.05) is 13.3 Å². The molecule has 3 aromatic rings. The average molecular weight is 344 g/mol. The molecule has 21 heavy (non-hydrogen) atoms. The Balaban J connectivity index is 2.19.